The number of Topliss-reactive ketones (excluding diaryl/α,β-unsaturated/α-hetero) is 1. The van der Waals surface area contributed by atoms with Crippen LogP contribution in [0.3, 0.4) is 0 Å². The molecule has 5 nitrogen and oxygen atoms in total. The van der Waals surface area contributed by atoms with Gasteiger partial charge in [0.05, 0.1) is 33.6 Å². The van der Waals surface area contributed by atoms with Crippen molar-refractivity contribution in [3.05, 3.63) is 63.6 Å². The minimum Gasteiger partial charge on any atom is -0.315 e. The molecule has 4 rings (SSSR count). The number of aliphatic imine (C=N–C) groups is 1. The van der Waals surface area contributed by atoms with E-state index < -0.39 is 9.84 Å². The highest BCUT2D eigenvalue weighted by molar-refractivity contribution is 8.13. The average molecular weight is 469 g/mol. The Morgan fingerprint density at radius 3 is 2.69 bits per heavy atom. The Labute approximate surface area is 184 Å². The molecule has 1 saturated heterocycles. The fourth-order valence-corrected chi connectivity index (χ4v) is 6.82. The highest BCUT2D eigenvalue weighted by atomic mass is 35.5. The summed E-state index contributed by atoms with van der Waals surface area (Å²) in [6.07, 6.45) is 0. The molecule has 29 heavy (non-hydrogen) atoms. The van der Waals surface area contributed by atoms with Gasteiger partial charge in [-0.1, -0.05) is 53.2 Å². The van der Waals surface area contributed by atoms with Gasteiger partial charge in [-0.15, -0.1) is 0 Å². The van der Waals surface area contributed by atoms with E-state index in [1.165, 1.54) is 18.7 Å². The number of ketones is 1. The van der Waals surface area contributed by atoms with E-state index in [-0.39, 0.29) is 29.4 Å². The summed E-state index contributed by atoms with van der Waals surface area (Å²) in [5.74, 6) is 0.688. The van der Waals surface area contributed by atoms with E-state index >= 15 is 0 Å². The zero-order valence-electron chi connectivity index (χ0n) is 15.5. The van der Waals surface area contributed by atoms with Crippen LogP contribution in [0.5, 0.6) is 0 Å². The molecule has 2 aliphatic heterocycles. The third-order valence-electron chi connectivity index (χ3n) is 4.99. The lowest BCUT2D eigenvalue weighted by Crippen LogP contribution is -2.39. The van der Waals surface area contributed by atoms with E-state index in [0.29, 0.717) is 21.4 Å². The first-order chi connectivity index (χ1) is 13.7. The molecule has 1 fully saturated rings. The molecule has 0 aromatic heterocycles. The van der Waals surface area contributed by atoms with Crippen LogP contribution in [0.2, 0.25) is 10.0 Å². The van der Waals surface area contributed by atoms with Crippen LogP contribution in [0.25, 0.3) is 0 Å². The molecule has 2 aromatic carbocycles. The first-order valence-corrected chi connectivity index (χ1v) is 12.5. The quantitative estimate of drug-likeness (QED) is 0.619. The number of hydrogen-bond donors (Lipinski definition) is 0. The molecule has 0 aliphatic carbocycles. The Balaban J connectivity index is 1.64. The van der Waals surface area contributed by atoms with E-state index in [4.69, 9.17) is 28.2 Å². The molecular formula is C20H18Cl2N2O3S2. The van der Waals surface area contributed by atoms with E-state index in [0.717, 1.165) is 16.4 Å². The molecule has 2 aromatic rings. The van der Waals surface area contributed by atoms with Crippen molar-refractivity contribution in [2.45, 2.75) is 24.8 Å². The molecule has 0 bridgehead atoms. The lowest BCUT2D eigenvalue weighted by Gasteiger charge is -2.27. The van der Waals surface area contributed by atoms with Crippen LogP contribution >= 0.6 is 35.0 Å². The van der Waals surface area contributed by atoms with Crippen molar-refractivity contribution < 1.29 is 13.2 Å². The zero-order valence-corrected chi connectivity index (χ0v) is 18.7. The third kappa shape index (κ3) is 4.33. The maximum atomic E-state index is 12.2. The second kappa shape index (κ2) is 7.95. The number of halogens is 2. The second-order valence-electron chi connectivity index (χ2n) is 7.14. The summed E-state index contributed by atoms with van der Waals surface area (Å²) in [7, 11) is -3.13. The molecule has 2 atom stereocenters. The third-order valence-corrected chi connectivity index (χ3v) is 8.47. The highest BCUT2D eigenvalue weighted by Gasteiger charge is 2.47. The Bertz CT molecular complexity index is 1120. The lowest BCUT2D eigenvalue weighted by atomic mass is 10.1. The summed E-state index contributed by atoms with van der Waals surface area (Å²) in [5, 5.41) is 1.75. The molecule has 2 aliphatic rings. The number of thioether (sulfide) groups is 1. The predicted octanol–water partition coefficient (Wildman–Crippen LogP) is 4.47. The summed E-state index contributed by atoms with van der Waals surface area (Å²) in [4.78, 5) is 18.5. The van der Waals surface area contributed by atoms with Crippen molar-refractivity contribution in [2.24, 2.45) is 4.99 Å². The molecule has 0 radical (unpaired) electrons. The van der Waals surface area contributed by atoms with Crippen LogP contribution in [0.1, 0.15) is 22.8 Å². The van der Waals surface area contributed by atoms with Gasteiger partial charge in [-0.2, -0.15) is 0 Å². The van der Waals surface area contributed by atoms with E-state index in [1.807, 2.05) is 29.2 Å². The van der Waals surface area contributed by atoms with Crippen molar-refractivity contribution in [1.29, 1.82) is 0 Å². The van der Waals surface area contributed by atoms with Gasteiger partial charge >= 0.3 is 0 Å². The number of anilines is 1. The number of rotatable bonds is 4. The van der Waals surface area contributed by atoms with Crippen LogP contribution in [0.4, 0.5) is 5.69 Å². The number of fused-ring (bicyclic) bond motifs is 1. The smallest absolute Gasteiger partial charge is 0.164 e. The van der Waals surface area contributed by atoms with Gasteiger partial charge in [0.25, 0.3) is 0 Å². The summed E-state index contributed by atoms with van der Waals surface area (Å²) in [6.45, 7) is 1.51. The van der Waals surface area contributed by atoms with Crippen LogP contribution in [0.15, 0.2) is 47.5 Å². The molecule has 0 amide bonds. The van der Waals surface area contributed by atoms with Crippen molar-refractivity contribution in [3.8, 4) is 0 Å². The average Bonchev–Trinajstić information content (AvgIpc) is 3.13. The monoisotopic (exact) mass is 468 g/mol. The number of hydrogen-bond acceptors (Lipinski definition) is 6. The molecule has 0 saturated carbocycles. The largest absolute Gasteiger partial charge is 0.315 e. The van der Waals surface area contributed by atoms with E-state index in [1.54, 1.807) is 18.2 Å². The standard InChI is InChI=1S/C20H18Cl2N2O3S2/c1-12(25)14-3-2-4-15(8-14)24-19-11-29(26,27)10-18(19)23-20(24)28-9-13-5-6-16(21)17(22)7-13/h2-8,18-19H,9-11H2,1H3. The van der Waals surface area contributed by atoms with Crippen LogP contribution in [0, 0.1) is 0 Å². The predicted molar refractivity (Wildman–Crippen MR) is 120 cm³/mol. The van der Waals surface area contributed by atoms with Gasteiger partial charge in [0.15, 0.2) is 20.8 Å². The Morgan fingerprint density at radius 2 is 1.97 bits per heavy atom. The molecule has 9 heteroatoms. The lowest BCUT2D eigenvalue weighted by molar-refractivity contribution is 0.101. The van der Waals surface area contributed by atoms with Crippen LogP contribution in [-0.2, 0) is 15.6 Å². The van der Waals surface area contributed by atoms with Gasteiger partial charge in [-0.3, -0.25) is 9.79 Å². The van der Waals surface area contributed by atoms with Crippen LogP contribution in [-0.4, -0.2) is 43.0 Å². The molecule has 2 heterocycles. The van der Waals surface area contributed by atoms with E-state index in [9.17, 15) is 13.2 Å². The van der Waals surface area contributed by atoms with Gasteiger partial charge in [-0.05, 0) is 36.8 Å². The first kappa shape index (κ1) is 20.7. The van der Waals surface area contributed by atoms with Crippen molar-refractivity contribution >= 4 is 61.4 Å². The molecule has 2 unspecified atom stereocenters. The van der Waals surface area contributed by atoms with Crippen molar-refractivity contribution in [3.63, 3.8) is 0 Å². The fraction of sp³-hybridized carbons (Fsp3) is 0.300. The summed E-state index contributed by atoms with van der Waals surface area (Å²) >= 11 is 13.6. The van der Waals surface area contributed by atoms with Crippen LogP contribution < -0.4 is 4.90 Å². The first-order valence-electron chi connectivity index (χ1n) is 8.99. The van der Waals surface area contributed by atoms with Gasteiger partial charge < -0.3 is 4.90 Å². The molecule has 0 spiro atoms. The number of benzene rings is 2. The Kier molecular flexibility index (Phi) is 5.68. The summed E-state index contributed by atoms with van der Waals surface area (Å²) in [6, 6.07) is 12.2. The minimum atomic E-state index is -3.13. The normalized spacial score (nSPS) is 22.4. The maximum absolute atomic E-state index is 12.2. The molecule has 152 valence electrons. The van der Waals surface area contributed by atoms with Gasteiger partial charge in [0.1, 0.15) is 0 Å². The van der Waals surface area contributed by atoms with E-state index in [2.05, 4.69) is 0 Å². The highest BCUT2D eigenvalue weighted by Crippen LogP contribution is 2.36. The minimum absolute atomic E-state index is 0.0383. The van der Waals surface area contributed by atoms with Gasteiger partial charge in [-0.25, -0.2) is 8.42 Å². The van der Waals surface area contributed by atoms with Gasteiger partial charge in [0, 0.05) is 17.0 Å². The fourth-order valence-electron chi connectivity index (χ4n) is 3.59. The summed E-state index contributed by atoms with van der Waals surface area (Å²) in [5.41, 5.74) is 2.36. The van der Waals surface area contributed by atoms with Crippen molar-refractivity contribution in [2.75, 3.05) is 16.4 Å². The Morgan fingerprint density at radius 1 is 1.17 bits per heavy atom. The molecular weight excluding hydrogens is 451 g/mol. The number of amidine groups is 1. The topological polar surface area (TPSA) is 66.8 Å². The molecule has 0 N–H and O–H groups in total. The number of nitrogens with zero attached hydrogens (tertiary/aromatic N) is 2. The SMILES string of the molecule is CC(=O)c1cccc(N2C(SCc3ccc(Cl)c(Cl)c3)=NC3CS(=O)(=O)CC32)c1. The zero-order chi connectivity index (χ0) is 20.8. The Hall–Kier alpha value is -1.54. The number of carbonyl (C=O) groups is 1. The number of carbonyl (C=O) groups excluding carboxylic acids is 1. The van der Waals surface area contributed by atoms with Crippen molar-refractivity contribution in [1.82, 2.24) is 0 Å². The maximum Gasteiger partial charge on any atom is 0.164 e. The van der Waals surface area contributed by atoms with Gasteiger partial charge in [0.2, 0.25) is 0 Å². The second-order valence-corrected chi connectivity index (χ2v) is 11.0. The number of sulfone groups is 1. The summed E-state index contributed by atoms with van der Waals surface area (Å²) < 4.78 is 24.3.